The van der Waals surface area contributed by atoms with Crippen LogP contribution < -0.4 is 5.32 Å². The number of hydrogen-bond acceptors (Lipinski definition) is 4. The third kappa shape index (κ3) is 4.79. The van der Waals surface area contributed by atoms with Gasteiger partial charge in [0.25, 0.3) is 5.91 Å². The Morgan fingerprint density at radius 2 is 1.84 bits per heavy atom. The van der Waals surface area contributed by atoms with Crippen LogP contribution >= 0.6 is 0 Å². The van der Waals surface area contributed by atoms with Gasteiger partial charge in [0, 0.05) is 12.5 Å². The summed E-state index contributed by atoms with van der Waals surface area (Å²) >= 11 is 0. The molecule has 0 aliphatic rings. The van der Waals surface area contributed by atoms with Crippen molar-refractivity contribution in [3.8, 4) is 0 Å². The molecule has 0 aliphatic heterocycles. The van der Waals surface area contributed by atoms with Crippen LogP contribution in [0.2, 0.25) is 0 Å². The van der Waals surface area contributed by atoms with Crippen LogP contribution in [-0.2, 0) is 14.3 Å². The van der Waals surface area contributed by atoms with Crippen LogP contribution in [0.1, 0.15) is 22.8 Å². The molecule has 1 rings (SSSR count). The maximum atomic E-state index is 11.8. The average Bonchev–Trinajstić information content (AvgIpc) is 2.34. The molecule has 0 aromatic heterocycles. The number of amides is 1. The predicted octanol–water partition coefficient (Wildman–Crippen LogP) is 0.741. The van der Waals surface area contributed by atoms with Crippen LogP contribution in [0.3, 0.4) is 0 Å². The zero-order valence-electron chi connectivity index (χ0n) is 10.7. The van der Waals surface area contributed by atoms with Gasteiger partial charge in [-0.25, -0.2) is 4.79 Å². The van der Waals surface area contributed by atoms with Crippen molar-refractivity contribution in [2.24, 2.45) is 0 Å². The summed E-state index contributed by atoms with van der Waals surface area (Å²) in [6, 6.07) is 5.41. The third-order valence-electron chi connectivity index (χ3n) is 2.37. The number of carbonyl (C=O) groups is 3. The molecule has 0 saturated heterocycles. The summed E-state index contributed by atoms with van der Waals surface area (Å²) in [5.74, 6) is -2.39. The second kappa shape index (κ2) is 6.53. The molecule has 0 heterocycles. The van der Waals surface area contributed by atoms with E-state index in [0.717, 1.165) is 5.56 Å². The smallest absolute Gasteiger partial charge is 0.329 e. The number of hydrogen-bond donors (Lipinski definition) is 2. The molecule has 19 heavy (non-hydrogen) atoms. The van der Waals surface area contributed by atoms with Gasteiger partial charge in [0.15, 0.2) is 6.04 Å². The predicted molar refractivity (Wildman–Crippen MR) is 66.7 cm³/mol. The van der Waals surface area contributed by atoms with Gasteiger partial charge < -0.3 is 15.2 Å². The molecule has 1 aromatic carbocycles. The van der Waals surface area contributed by atoms with Gasteiger partial charge in [-0.1, -0.05) is 17.7 Å². The Kier molecular flexibility index (Phi) is 5.05. The second-order valence-corrected chi connectivity index (χ2v) is 4.03. The van der Waals surface area contributed by atoms with E-state index in [1.54, 1.807) is 24.3 Å². The van der Waals surface area contributed by atoms with Gasteiger partial charge in [-0.05, 0) is 19.1 Å². The van der Waals surface area contributed by atoms with Crippen LogP contribution in [0.4, 0.5) is 0 Å². The SMILES string of the molecule is CC(=O)OC[C@H](NC(=O)c1ccc(C)cc1)C(=O)O. The van der Waals surface area contributed by atoms with Gasteiger partial charge in [-0.15, -0.1) is 0 Å². The molecular formula is C13H15NO5. The lowest BCUT2D eigenvalue weighted by Gasteiger charge is -2.14. The Balaban J connectivity index is 2.68. The molecule has 1 atom stereocenters. The van der Waals surface area contributed by atoms with Crippen LogP contribution in [0.5, 0.6) is 0 Å². The number of ether oxygens (including phenoxy) is 1. The average molecular weight is 265 g/mol. The first kappa shape index (κ1) is 14.7. The molecule has 1 aromatic rings. The second-order valence-electron chi connectivity index (χ2n) is 4.03. The number of carboxylic acid groups (broad SMARTS) is 1. The molecule has 0 unspecified atom stereocenters. The largest absolute Gasteiger partial charge is 0.480 e. The van der Waals surface area contributed by atoms with E-state index in [0.29, 0.717) is 5.56 Å². The van der Waals surface area contributed by atoms with Crippen LogP contribution in [0.25, 0.3) is 0 Å². The zero-order chi connectivity index (χ0) is 14.4. The summed E-state index contributed by atoms with van der Waals surface area (Å²) in [6.07, 6.45) is 0. The molecule has 6 heteroatoms. The molecule has 0 spiro atoms. The summed E-state index contributed by atoms with van der Waals surface area (Å²) in [5, 5.41) is 11.2. The molecule has 102 valence electrons. The summed E-state index contributed by atoms with van der Waals surface area (Å²) in [5.41, 5.74) is 1.34. The Morgan fingerprint density at radius 3 is 2.32 bits per heavy atom. The standard InChI is InChI=1S/C13H15NO5/c1-8-3-5-10(6-4-8)12(16)14-11(13(17)18)7-19-9(2)15/h3-6,11H,7H2,1-2H3,(H,14,16)(H,17,18)/t11-/m0/s1. The first-order chi connectivity index (χ1) is 8.90. The molecule has 2 N–H and O–H groups in total. The highest BCUT2D eigenvalue weighted by molar-refractivity contribution is 5.96. The number of rotatable bonds is 5. The Hall–Kier alpha value is -2.37. The van der Waals surface area contributed by atoms with E-state index in [4.69, 9.17) is 5.11 Å². The highest BCUT2D eigenvalue weighted by Crippen LogP contribution is 2.03. The summed E-state index contributed by atoms with van der Waals surface area (Å²) in [7, 11) is 0. The quantitative estimate of drug-likeness (QED) is 0.766. The van der Waals surface area contributed by atoms with Crippen molar-refractivity contribution in [1.29, 1.82) is 0 Å². The lowest BCUT2D eigenvalue weighted by Crippen LogP contribution is -2.44. The van der Waals surface area contributed by atoms with E-state index >= 15 is 0 Å². The lowest BCUT2D eigenvalue weighted by atomic mass is 10.1. The van der Waals surface area contributed by atoms with E-state index < -0.39 is 30.5 Å². The van der Waals surface area contributed by atoms with Crippen molar-refractivity contribution >= 4 is 17.8 Å². The Morgan fingerprint density at radius 1 is 1.26 bits per heavy atom. The number of aryl methyl sites for hydroxylation is 1. The number of esters is 1. The van der Waals surface area contributed by atoms with E-state index in [2.05, 4.69) is 10.1 Å². The lowest BCUT2D eigenvalue weighted by molar-refractivity contribution is -0.146. The number of carbonyl (C=O) groups excluding carboxylic acids is 2. The van der Waals surface area contributed by atoms with Gasteiger partial charge in [0.1, 0.15) is 6.61 Å². The first-order valence-electron chi connectivity index (χ1n) is 5.64. The van der Waals surface area contributed by atoms with Crippen LogP contribution in [0, 0.1) is 6.92 Å². The van der Waals surface area contributed by atoms with E-state index in [1.807, 2.05) is 6.92 Å². The molecular weight excluding hydrogens is 250 g/mol. The van der Waals surface area contributed by atoms with Crippen molar-refractivity contribution in [3.63, 3.8) is 0 Å². The third-order valence-corrected chi connectivity index (χ3v) is 2.37. The van der Waals surface area contributed by atoms with Gasteiger partial charge in [-0.3, -0.25) is 9.59 Å². The molecule has 0 fully saturated rings. The number of carboxylic acids is 1. The number of nitrogens with one attached hydrogen (secondary N) is 1. The topological polar surface area (TPSA) is 92.7 Å². The van der Waals surface area contributed by atoms with Crippen molar-refractivity contribution in [2.75, 3.05) is 6.61 Å². The minimum Gasteiger partial charge on any atom is -0.480 e. The van der Waals surface area contributed by atoms with E-state index in [-0.39, 0.29) is 0 Å². The molecule has 0 bridgehead atoms. The van der Waals surface area contributed by atoms with Gasteiger partial charge in [0.05, 0.1) is 0 Å². The van der Waals surface area contributed by atoms with Gasteiger partial charge in [0.2, 0.25) is 0 Å². The van der Waals surface area contributed by atoms with Crippen molar-refractivity contribution in [2.45, 2.75) is 19.9 Å². The van der Waals surface area contributed by atoms with Crippen molar-refractivity contribution in [1.82, 2.24) is 5.32 Å². The molecule has 1 amide bonds. The maximum Gasteiger partial charge on any atom is 0.329 e. The maximum absolute atomic E-state index is 11.8. The van der Waals surface area contributed by atoms with Crippen LogP contribution in [0.15, 0.2) is 24.3 Å². The molecule has 6 nitrogen and oxygen atoms in total. The van der Waals surface area contributed by atoms with Crippen LogP contribution in [-0.4, -0.2) is 35.6 Å². The number of aliphatic carboxylic acids is 1. The highest BCUT2D eigenvalue weighted by Gasteiger charge is 2.21. The van der Waals surface area contributed by atoms with E-state index in [9.17, 15) is 14.4 Å². The minimum atomic E-state index is -1.27. The highest BCUT2D eigenvalue weighted by atomic mass is 16.5. The molecule has 0 aliphatic carbocycles. The summed E-state index contributed by atoms with van der Waals surface area (Å²) in [4.78, 5) is 33.4. The minimum absolute atomic E-state index is 0.347. The monoisotopic (exact) mass is 265 g/mol. The zero-order valence-corrected chi connectivity index (χ0v) is 10.7. The van der Waals surface area contributed by atoms with Crippen molar-refractivity contribution in [3.05, 3.63) is 35.4 Å². The molecule has 0 saturated carbocycles. The normalized spacial score (nSPS) is 11.5. The molecule has 0 radical (unpaired) electrons. The van der Waals surface area contributed by atoms with Gasteiger partial charge >= 0.3 is 11.9 Å². The Bertz CT molecular complexity index is 480. The first-order valence-corrected chi connectivity index (χ1v) is 5.64. The van der Waals surface area contributed by atoms with Gasteiger partial charge in [-0.2, -0.15) is 0 Å². The summed E-state index contributed by atoms with van der Waals surface area (Å²) in [6.45, 7) is 2.64. The fourth-order valence-corrected chi connectivity index (χ4v) is 1.32. The summed E-state index contributed by atoms with van der Waals surface area (Å²) < 4.78 is 4.59. The fraction of sp³-hybridized carbons (Fsp3) is 0.308. The Labute approximate surface area is 110 Å². The van der Waals surface area contributed by atoms with E-state index in [1.165, 1.54) is 6.92 Å². The number of benzene rings is 1. The van der Waals surface area contributed by atoms with Crippen molar-refractivity contribution < 1.29 is 24.2 Å². The fourth-order valence-electron chi connectivity index (χ4n) is 1.32.